The molecule has 0 unspecified atom stereocenters. The number of benzene rings is 8. The number of aromatic nitrogens is 6. The number of aryl methyl sites for hydroxylation is 8. The average molecular weight is 969 g/mol. The van der Waals surface area contributed by atoms with E-state index in [1.165, 1.54) is 0 Å². The Bertz CT molecular complexity index is 3060. The highest BCUT2D eigenvalue weighted by molar-refractivity contribution is 6.05. The summed E-state index contributed by atoms with van der Waals surface area (Å²) in [6.07, 6.45) is 0. The van der Waals surface area contributed by atoms with Gasteiger partial charge in [0.25, 0.3) is 5.78 Å². The summed E-state index contributed by atoms with van der Waals surface area (Å²) in [6.45, 7) is 16.4. The van der Waals surface area contributed by atoms with Crippen molar-refractivity contribution >= 4 is 75.1 Å². The van der Waals surface area contributed by atoms with Crippen LogP contribution in [0.4, 0.5) is 69.3 Å². The van der Waals surface area contributed by atoms with Crippen molar-refractivity contribution in [1.29, 1.82) is 0 Å². The summed E-state index contributed by atoms with van der Waals surface area (Å²) in [6, 6.07) is 64.7. The second-order valence-corrected chi connectivity index (χ2v) is 18.5. The minimum atomic E-state index is -0.632. The van der Waals surface area contributed by atoms with E-state index in [4.69, 9.17) is 29.9 Å². The molecule has 74 heavy (non-hydrogen) atoms. The van der Waals surface area contributed by atoms with E-state index in [-0.39, 0.29) is 35.4 Å². The van der Waals surface area contributed by atoms with Gasteiger partial charge in [-0.1, -0.05) is 146 Å². The molecule has 2 heterocycles. The van der Waals surface area contributed by atoms with E-state index >= 15 is 4.79 Å². The Kier molecular flexibility index (Phi) is 13.6. The topological polar surface area (TPSA) is 107 Å². The molecule has 2 aromatic heterocycles. The van der Waals surface area contributed by atoms with Gasteiger partial charge in [-0.05, 0) is 148 Å². The van der Waals surface area contributed by atoms with Gasteiger partial charge in [-0.3, -0.25) is 24.4 Å². The molecule has 0 radical (unpaired) electrons. The van der Waals surface area contributed by atoms with E-state index in [0.717, 1.165) is 90.0 Å². The molecule has 10 aromatic rings. The predicted molar refractivity (Wildman–Crippen MR) is 300 cm³/mol. The Hall–Kier alpha value is -9.35. The quantitative estimate of drug-likeness (QED) is 0.0972. The Balaban J connectivity index is 1.30. The summed E-state index contributed by atoms with van der Waals surface area (Å²) < 4.78 is 0. The van der Waals surface area contributed by atoms with E-state index < -0.39 is 5.78 Å². The van der Waals surface area contributed by atoms with Crippen molar-refractivity contribution in [3.05, 3.63) is 250 Å². The van der Waals surface area contributed by atoms with Crippen molar-refractivity contribution in [2.75, 3.05) is 19.6 Å². The van der Waals surface area contributed by atoms with Crippen LogP contribution in [-0.4, -0.2) is 35.7 Å². The highest BCUT2D eigenvalue weighted by atomic mass is 16.1. The van der Waals surface area contributed by atoms with Crippen LogP contribution >= 0.6 is 0 Å². The van der Waals surface area contributed by atoms with Gasteiger partial charge in [-0.15, -0.1) is 0 Å². The smallest absolute Gasteiger partial charge is 0.267 e. The summed E-state index contributed by atoms with van der Waals surface area (Å²) in [5.41, 5.74) is 14.5. The number of hydrogen-bond donors (Lipinski definition) is 0. The summed E-state index contributed by atoms with van der Waals surface area (Å²) in [5.74, 6) is -0.0443. The highest BCUT2D eigenvalue weighted by Gasteiger charge is 2.32. The third-order valence-corrected chi connectivity index (χ3v) is 13.3. The summed E-state index contributed by atoms with van der Waals surface area (Å²) in [5, 5.41) is 0. The van der Waals surface area contributed by atoms with E-state index in [0.29, 0.717) is 0 Å². The molecule has 0 amide bonds. The fraction of sp³-hybridized carbons (Fsp3) is 0.127. The van der Waals surface area contributed by atoms with Crippen LogP contribution in [0, 0.1) is 55.4 Å². The van der Waals surface area contributed by atoms with Gasteiger partial charge < -0.3 is 0 Å². The number of rotatable bonds is 14. The van der Waals surface area contributed by atoms with Crippen molar-refractivity contribution in [3.8, 4) is 0 Å². The molecule has 11 nitrogen and oxygen atoms in total. The Morgan fingerprint density at radius 1 is 0.243 bits per heavy atom. The molecule has 0 aliphatic carbocycles. The minimum absolute atomic E-state index is 0.163. The maximum atomic E-state index is 16.2. The van der Waals surface area contributed by atoms with Crippen molar-refractivity contribution in [1.82, 2.24) is 29.9 Å². The van der Waals surface area contributed by atoms with Crippen molar-refractivity contribution in [2.45, 2.75) is 55.4 Å². The number of ketones is 1. The molecule has 0 aliphatic heterocycles. The van der Waals surface area contributed by atoms with Crippen LogP contribution in [0.2, 0.25) is 0 Å². The molecule has 8 aromatic carbocycles. The molecule has 0 saturated heterocycles. The van der Waals surface area contributed by atoms with Crippen LogP contribution in [0.5, 0.6) is 0 Å². The first kappa shape index (κ1) is 48.3. The fourth-order valence-electron chi connectivity index (χ4n) is 9.31. The first-order valence-electron chi connectivity index (χ1n) is 24.7. The van der Waals surface area contributed by atoms with Crippen LogP contribution in [-0.2, 0) is 0 Å². The van der Waals surface area contributed by atoms with Crippen molar-refractivity contribution < 1.29 is 4.79 Å². The molecule has 0 spiro atoms. The maximum Gasteiger partial charge on any atom is 0.267 e. The molecule has 0 bridgehead atoms. The second-order valence-electron chi connectivity index (χ2n) is 18.5. The standard InChI is InChI=1S/C63H56N10O/c1-41-25-9-17-33-49(41)70(50-34-18-10-26-42(50)2)60-64-58(65-61(68-60)71(51-35-19-11-27-43(51)3)52-36-20-12-28-44(52)4)57(74)59-66-62(72(53-37-21-13-29-45(53)5)54-38-22-14-30-46(54)6)69-63(67-59)73(55-39-23-15-31-47(55)7)56-40-24-16-32-48(56)8/h9-40H,1-8H3. The number of anilines is 12. The Morgan fingerprint density at radius 3 is 0.541 bits per heavy atom. The van der Waals surface area contributed by atoms with Crippen LogP contribution in [0.15, 0.2) is 194 Å². The maximum absolute atomic E-state index is 16.2. The fourth-order valence-corrected chi connectivity index (χ4v) is 9.31. The number of nitrogens with zero attached hydrogens (tertiary/aromatic N) is 10. The van der Waals surface area contributed by atoms with Gasteiger partial charge in [-0.25, -0.2) is 0 Å². The molecule has 364 valence electrons. The molecule has 11 heteroatoms. The Labute approximate surface area is 433 Å². The van der Waals surface area contributed by atoms with Crippen LogP contribution in [0.1, 0.15) is 61.0 Å². The third kappa shape index (κ3) is 9.46. The highest BCUT2D eigenvalue weighted by Crippen LogP contribution is 2.43. The number of carbonyl (C=O) groups is 1. The largest absolute Gasteiger partial charge is 0.281 e. The Morgan fingerprint density at radius 2 is 0.392 bits per heavy atom. The average Bonchev–Trinajstić information content (AvgIpc) is 3.41. The molecular formula is C63H56N10O. The molecule has 0 fully saturated rings. The SMILES string of the molecule is Cc1ccccc1N(c1nc(C(=O)c2nc(N(c3ccccc3C)c3ccccc3C)nc(N(c3ccccc3C)c3ccccc3C)n2)nc(N(c2ccccc2C)c2ccccc2C)n1)c1ccccc1C. The van der Waals surface area contributed by atoms with Crippen molar-refractivity contribution in [2.24, 2.45) is 0 Å². The van der Waals surface area contributed by atoms with Gasteiger partial charge in [0.2, 0.25) is 35.4 Å². The first-order valence-corrected chi connectivity index (χ1v) is 24.7. The number of carbonyl (C=O) groups excluding carboxylic acids is 1. The van der Waals surface area contributed by atoms with E-state index in [1.54, 1.807) is 0 Å². The van der Waals surface area contributed by atoms with Gasteiger partial charge in [0.15, 0.2) is 0 Å². The third-order valence-electron chi connectivity index (χ3n) is 13.3. The zero-order chi connectivity index (χ0) is 51.5. The second kappa shape index (κ2) is 20.8. The molecular weight excluding hydrogens is 913 g/mol. The van der Waals surface area contributed by atoms with Crippen molar-refractivity contribution in [3.63, 3.8) is 0 Å². The lowest BCUT2D eigenvalue weighted by Gasteiger charge is -2.30. The first-order chi connectivity index (χ1) is 36.0. The van der Waals surface area contributed by atoms with Gasteiger partial charge in [-0.2, -0.15) is 29.9 Å². The summed E-state index contributed by atoms with van der Waals surface area (Å²) >= 11 is 0. The summed E-state index contributed by atoms with van der Waals surface area (Å²) in [4.78, 5) is 55.7. The summed E-state index contributed by atoms with van der Waals surface area (Å²) in [7, 11) is 0. The van der Waals surface area contributed by atoms with E-state index in [1.807, 2.05) is 165 Å². The molecule has 0 atom stereocenters. The minimum Gasteiger partial charge on any atom is -0.281 e. The zero-order valence-corrected chi connectivity index (χ0v) is 42.9. The molecule has 0 saturated carbocycles. The molecule has 0 N–H and O–H groups in total. The van der Waals surface area contributed by atoms with E-state index in [2.05, 4.69) is 104 Å². The van der Waals surface area contributed by atoms with Crippen LogP contribution < -0.4 is 19.6 Å². The predicted octanol–water partition coefficient (Wildman–Crippen LogP) is 15.6. The monoisotopic (exact) mass is 968 g/mol. The van der Waals surface area contributed by atoms with Gasteiger partial charge in [0, 0.05) is 0 Å². The lowest BCUT2D eigenvalue weighted by Crippen LogP contribution is -2.25. The van der Waals surface area contributed by atoms with E-state index in [9.17, 15) is 0 Å². The molecule has 0 aliphatic rings. The lowest BCUT2D eigenvalue weighted by atomic mass is 10.1. The normalized spacial score (nSPS) is 11.0. The zero-order valence-electron chi connectivity index (χ0n) is 42.9. The molecule has 10 rings (SSSR count). The van der Waals surface area contributed by atoms with Crippen LogP contribution in [0.3, 0.4) is 0 Å². The van der Waals surface area contributed by atoms with Crippen LogP contribution in [0.25, 0.3) is 0 Å². The van der Waals surface area contributed by atoms with Gasteiger partial charge >= 0.3 is 0 Å². The number of hydrogen-bond acceptors (Lipinski definition) is 11. The van der Waals surface area contributed by atoms with Gasteiger partial charge in [0.1, 0.15) is 0 Å². The number of para-hydroxylation sites is 8. The lowest BCUT2D eigenvalue weighted by molar-refractivity contribution is 0.101. The van der Waals surface area contributed by atoms with Gasteiger partial charge in [0.05, 0.1) is 45.5 Å².